The largest absolute Gasteiger partial charge is 0.442 e. The maximum Gasteiger partial charge on any atom is 0.410 e. The number of morpholine rings is 1. The number of hydrogen-bond acceptors (Lipinski definition) is 5. The Kier molecular flexibility index (Phi) is 5.98. The molecule has 4 saturated heterocycles. The van der Waals surface area contributed by atoms with Crippen molar-refractivity contribution in [1.82, 2.24) is 14.7 Å². The average molecular weight is 520 g/mol. The highest BCUT2D eigenvalue weighted by Crippen LogP contribution is 2.40. The number of cyclic esters (lactones) is 1. The Hall–Kier alpha value is -2.87. The molecule has 6 atom stereocenters. The van der Waals surface area contributed by atoms with Gasteiger partial charge in [0.2, 0.25) is 5.91 Å². The van der Waals surface area contributed by atoms with E-state index in [0.29, 0.717) is 39.3 Å². The van der Waals surface area contributed by atoms with Crippen LogP contribution in [0.25, 0.3) is 0 Å². The molecule has 0 aromatic rings. The second-order valence-electron chi connectivity index (χ2n) is 12.0. The highest BCUT2D eigenvalue weighted by atomic mass is 16.6. The number of amides is 3. The van der Waals surface area contributed by atoms with Gasteiger partial charge in [-0.2, -0.15) is 0 Å². The van der Waals surface area contributed by atoms with Gasteiger partial charge in [0.25, 0.3) is 5.91 Å². The van der Waals surface area contributed by atoms with E-state index in [1.807, 2.05) is 15.9 Å². The van der Waals surface area contributed by atoms with Gasteiger partial charge >= 0.3 is 6.09 Å². The molecule has 0 aromatic heterocycles. The number of hydrogen-bond donors (Lipinski definition) is 0. The van der Waals surface area contributed by atoms with Crippen molar-refractivity contribution in [2.45, 2.75) is 76.1 Å². The van der Waals surface area contributed by atoms with Gasteiger partial charge in [0.1, 0.15) is 6.10 Å². The molecule has 4 fully saturated rings. The average Bonchev–Trinajstić information content (AvgIpc) is 3.38. The molecular formula is C30H37N3O5. The van der Waals surface area contributed by atoms with Crippen LogP contribution in [0.1, 0.15) is 51.9 Å². The SMILES string of the molecule is CCC1CN(CC2OC(=O)N3CC4=C(C=CCC4)C[C@@H]23)C(=O)C2=CCC(C(=O)N3C4CCC3COC4)C=C21. The second kappa shape index (κ2) is 9.40. The van der Waals surface area contributed by atoms with Crippen LogP contribution < -0.4 is 0 Å². The zero-order valence-electron chi connectivity index (χ0n) is 22.1. The molecule has 8 nitrogen and oxygen atoms in total. The molecule has 3 amide bonds. The van der Waals surface area contributed by atoms with Gasteiger partial charge in [-0.3, -0.25) is 14.5 Å². The lowest BCUT2D eigenvalue weighted by Gasteiger charge is -2.41. The summed E-state index contributed by atoms with van der Waals surface area (Å²) in [5, 5.41) is 0. The quantitative estimate of drug-likeness (QED) is 0.569. The monoisotopic (exact) mass is 519 g/mol. The Bertz CT molecular complexity index is 1170. The number of carbonyl (C=O) groups is 3. The van der Waals surface area contributed by atoms with Gasteiger partial charge in [-0.25, -0.2) is 4.79 Å². The Balaban J connectivity index is 1.07. The van der Waals surface area contributed by atoms with Crippen molar-refractivity contribution < 1.29 is 23.9 Å². The summed E-state index contributed by atoms with van der Waals surface area (Å²) in [7, 11) is 0. The van der Waals surface area contributed by atoms with E-state index in [1.165, 1.54) is 11.1 Å². The lowest BCUT2D eigenvalue weighted by molar-refractivity contribution is -0.144. The summed E-state index contributed by atoms with van der Waals surface area (Å²) in [5.41, 5.74) is 4.45. The fourth-order valence-corrected chi connectivity index (χ4v) is 7.78. The first-order valence-corrected chi connectivity index (χ1v) is 14.5. The third kappa shape index (κ3) is 3.86. The predicted octanol–water partition coefficient (Wildman–Crippen LogP) is 3.36. The number of piperidine rings is 1. The molecule has 7 rings (SSSR count). The van der Waals surface area contributed by atoms with Gasteiger partial charge in [0.05, 0.1) is 43.8 Å². The van der Waals surface area contributed by atoms with Gasteiger partial charge in [0.15, 0.2) is 0 Å². The van der Waals surface area contributed by atoms with Gasteiger partial charge in [0, 0.05) is 24.6 Å². The molecule has 2 aliphatic carbocycles. The van der Waals surface area contributed by atoms with Crippen molar-refractivity contribution >= 4 is 17.9 Å². The fourth-order valence-electron chi connectivity index (χ4n) is 7.78. The number of fused-ring (bicyclic) bond motifs is 4. The summed E-state index contributed by atoms with van der Waals surface area (Å²) in [6.07, 6.45) is 14.2. The Morgan fingerprint density at radius 3 is 2.76 bits per heavy atom. The Morgan fingerprint density at radius 2 is 1.97 bits per heavy atom. The van der Waals surface area contributed by atoms with Crippen molar-refractivity contribution in [2.75, 3.05) is 32.8 Å². The molecule has 5 aliphatic heterocycles. The highest BCUT2D eigenvalue weighted by Gasteiger charge is 2.48. The van der Waals surface area contributed by atoms with Crippen LogP contribution in [0.2, 0.25) is 0 Å². The van der Waals surface area contributed by atoms with Crippen LogP contribution >= 0.6 is 0 Å². The summed E-state index contributed by atoms with van der Waals surface area (Å²) in [6.45, 7) is 5.07. The van der Waals surface area contributed by atoms with Crippen LogP contribution in [0.4, 0.5) is 4.79 Å². The van der Waals surface area contributed by atoms with Crippen molar-refractivity contribution in [3.05, 3.63) is 46.6 Å². The van der Waals surface area contributed by atoms with Crippen LogP contribution in [0.3, 0.4) is 0 Å². The minimum Gasteiger partial charge on any atom is -0.442 e. The van der Waals surface area contributed by atoms with E-state index in [9.17, 15) is 14.4 Å². The van der Waals surface area contributed by atoms with Gasteiger partial charge in [-0.05, 0) is 61.7 Å². The van der Waals surface area contributed by atoms with Crippen LogP contribution in [0.5, 0.6) is 0 Å². The van der Waals surface area contributed by atoms with Crippen LogP contribution in [0, 0.1) is 11.8 Å². The number of likely N-dealkylation sites (tertiary alicyclic amines) is 1. The highest BCUT2D eigenvalue weighted by molar-refractivity contribution is 6.00. The summed E-state index contributed by atoms with van der Waals surface area (Å²) in [5.74, 6) is 0.155. The first-order valence-electron chi connectivity index (χ1n) is 14.5. The van der Waals surface area contributed by atoms with Gasteiger partial charge < -0.3 is 19.3 Å². The van der Waals surface area contributed by atoms with Crippen molar-refractivity contribution in [3.8, 4) is 0 Å². The lowest BCUT2D eigenvalue weighted by Crippen LogP contribution is -2.52. The van der Waals surface area contributed by atoms with Crippen molar-refractivity contribution in [3.63, 3.8) is 0 Å². The van der Waals surface area contributed by atoms with E-state index >= 15 is 0 Å². The number of nitrogens with zero attached hydrogens (tertiary/aromatic N) is 3. The number of rotatable bonds is 4. The minimum atomic E-state index is -0.325. The van der Waals surface area contributed by atoms with E-state index < -0.39 is 0 Å². The van der Waals surface area contributed by atoms with Gasteiger partial charge in [-0.15, -0.1) is 0 Å². The molecule has 0 saturated carbocycles. The van der Waals surface area contributed by atoms with E-state index in [-0.39, 0.29) is 54.0 Å². The molecule has 7 aliphatic rings. The summed E-state index contributed by atoms with van der Waals surface area (Å²) in [4.78, 5) is 45.8. The normalized spacial score (nSPS) is 36.0. The number of allylic oxidation sites excluding steroid dienone is 3. The van der Waals surface area contributed by atoms with E-state index in [4.69, 9.17) is 9.47 Å². The Labute approximate surface area is 224 Å². The minimum absolute atomic E-state index is 0.000987. The molecule has 0 N–H and O–H groups in total. The molecule has 0 radical (unpaired) electrons. The molecule has 0 spiro atoms. The summed E-state index contributed by atoms with van der Waals surface area (Å²) < 4.78 is 11.5. The summed E-state index contributed by atoms with van der Waals surface area (Å²) >= 11 is 0. The van der Waals surface area contributed by atoms with Crippen molar-refractivity contribution in [1.29, 1.82) is 0 Å². The predicted molar refractivity (Wildman–Crippen MR) is 140 cm³/mol. The van der Waals surface area contributed by atoms with E-state index in [1.54, 1.807) is 0 Å². The molecule has 5 heterocycles. The molecule has 8 heteroatoms. The molecule has 5 unspecified atom stereocenters. The zero-order chi connectivity index (χ0) is 26.0. The van der Waals surface area contributed by atoms with Crippen LogP contribution in [-0.2, 0) is 19.1 Å². The molecular weight excluding hydrogens is 482 g/mol. The third-order valence-corrected chi connectivity index (χ3v) is 9.86. The molecule has 38 heavy (non-hydrogen) atoms. The summed E-state index contributed by atoms with van der Waals surface area (Å²) in [6, 6.07) is 0.361. The van der Waals surface area contributed by atoms with Crippen LogP contribution in [-0.4, -0.2) is 89.7 Å². The van der Waals surface area contributed by atoms with Crippen LogP contribution in [0.15, 0.2) is 46.6 Å². The third-order valence-electron chi connectivity index (χ3n) is 9.86. The second-order valence-corrected chi connectivity index (χ2v) is 12.0. The number of carbonyl (C=O) groups excluding carboxylic acids is 3. The first kappa shape index (κ1) is 24.2. The van der Waals surface area contributed by atoms with E-state index in [2.05, 4.69) is 30.1 Å². The van der Waals surface area contributed by atoms with Crippen molar-refractivity contribution in [2.24, 2.45) is 11.8 Å². The standard InChI is InChI=1S/C30H37N3O5/c1-2-18-13-31(15-27-26-12-19-5-3-4-6-21(19)14-32(26)30(36)38-27)29(35)24-10-7-20(11-25(18)24)28(34)33-22-8-9-23(33)17-37-16-22/h3,5,10-11,18,20,22-23,26-27H,2,4,6-9,12-17H2,1H3/t18?,20?,22?,23?,26-,27?/m0/s1. The molecule has 0 aromatic carbocycles. The molecule has 202 valence electrons. The molecule has 2 bridgehead atoms. The zero-order valence-corrected chi connectivity index (χ0v) is 22.1. The number of ether oxygens (including phenoxy) is 2. The topological polar surface area (TPSA) is 79.4 Å². The smallest absolute Gasteiger partial charge is 0.410 e. The maximum absolute atomic E-state index is 13.7. The Morgan fingerprint density at radius 1 is 1.16 bits per heavy atom. The van der Waals surface area contributed by atoms with E-state index in [0.717, 1.165) is 49.7 Å². The fraction of sp³-hybridized carbons (Fsp3) is 0.633. The lowest BCUT2D eigenvalue weighted by atomic mass is 9.78. The maximum atomic E-state index is 13.7. The first-order chi connectivity index (χ1) is 18.5. The van der Waals surface area contributed by atoms with Gasteiger partial charge in [-0.1, -0.05) is 31.2 Å².